The van der Waals surface area contributed by atoms with E-state index in [0.29, 0.717) is 45.4 Å². The first-order valence-electron chi connectivity index (χ1n) is 9.35. The van der Waals surface area contributed by atoms with Gasteiger partial charge >= 0.3 is 0 Å². The van der Waals surface area contributed by atoms with Crippen LogP contribution < -0.4 is 4.74 Å². The van der Waals surface area contributed by atoms with Gasteiger partial charge in [0, 0.05) is 52.0 Å². The van der Waals surface area contributed by atoms with Crippen LogP contribution in [0.4, 0.5) is 0 Å². The van der Waals surface area contributed by atoms with E-state index in [9.17, 15) is 9.59 Å². The fraction of sp³-hybridized carbons (Fsp3) is 0.429. The van der Waals surface area contributed by atoms with E-state index in [0.717, 1.165) is 16.9 Å². The average Bonchev–Trinajstić information content (AvgIpc) is 3.11. The fourth-order valence-corrected chi connectivity index (χ4v) is 3.47. The SMILES string of the molecule is COc1ccccc1CCC(=O)N1CCN(C(=O)Cc2ccn(C)c2)CC1. The van der Waals surface area contributed by atoms with Crippen LogP contribution in [-0.4, -0.2) is 59.5 Å². The number of rotatable bonds is 6. The minimum atomic E-state index is 0.127. The van der Waals surface area contributed by atoms with Crippen LogP contribution in [0.2, 0.25) is 0 Å². The van der Waals surface area contributed by atoms with E-state index in [1.54, 1.807) is 7.11 Å². The molecule has 1 aromatic heterocycles. The molecule has 0 unspecified atom stereocenters. The van der Waals surface area contributed by atoms with Crippen molar-refractivity contribution >= 4 is 11.8 Å². The first-order valence-corrected chi connectivity index (χ1v) is 9.35. The quantitative estimate of drug-likeness (QED) is 0.781. The third kappa shape index (κ3) is 4.90. The number of para-hydroxylation sites is 1. The summed E-state index contributed by atoms with van der Waals surface area (Å²) in [6.45, 7) is 2.41. The fourth-order valence-electron chi connectivity index (χ4n) is 3.47. The molecule has 144 valence electrons. The van der Waals surface area contributed by atoms with Gasteiger partial charge in [0.15, 0.2) is 0 Å². The Kier molecular flexibility index (Phi) is 6.16. The van der Waals surface area contributed by atoms with Crippen molar-refractivity contribution < 1.29 is 14.3 Å². The maximum atomic E-state index is 12.5. The Hall–Kier alpha value is -2.76. The zero-order valence-corrected chi connectivity index (χ0v) is 16.1. The number of amides is 2. The summed E-state index contributed by atoms with van der Waals surface area (Å²) in [5.41, 5.74) is 2.07. The Labute approximate surface area is 160 Å². The molecule has 27 heavy (non-hydrogen) atoms. The lowest BCUT2D eigenvalue weighted by Gasteiger charge is -2.35. The summed E-state index contributed by atoms with van der Waals surface area (Å²) in [6.07, 6.45) is 5.45. The highest BCUT2D eigenvalue weighted by molar-refractivity contribution is 5.80. The topological polar surface area (TPSA) is 54.8 Å². The number of methoxy groups -OCH3 is 1. The summed E-state index contributed by atoms with van der Waals surface area (Å²) in [4.78, 5) is 28.7. The van der Waals surface area contributed by atoms with Gasteiger partial charge in [-0.1, -0.05) is 18.2 Å². The van der Waals surface area contributed by atoms with Gasteiger partial charge in [-0.2, -0.15) is 0 Å². The standard InChI is InChI=1S/C21H27N3O3/c1-22-10-9-17(16-22)15-21(26)24-13-11-23(12-14-24)20(25)8-7-18-5-3-4-6-19(18)27-2/h3-6,9-10,16H,7-8,11-15H2,1-2H3. The van der Waals surface area contributed by atoms with Crippen LogP contribution in [0.5, 0.6) is 5.75 Å². The molecule has 6 heteroatoms. The predicted octanol–water partition coefficient (Wildman–Crippen LogP) is 1.88. The molecule has 1 aromatic carbocycles. The zero-order valence-electron chi connectivity index (χ0n) is 16.1. The summed E-state index contributed by atoms with van der Waals surface area (Å²) in [5, 5.41) is 0. The van der Waals surface area contributed by atoms with E-state index in [-0.39, 0.29) is 11.8 Å². The molecule has 1 aliphatic heterocycles. The Morgan fingerprint density at radius 3 is 2.30 bits per heavy atom. The number of carbonyl (C=O) groups is 2. The minimum absolute atomic E-state index is 0.127. The van der Waals surface area contributed by atoms with Crippen LogP contribution in [0.15, 0.2) is 42.7 Å². The van der Waals surface area contributed by atoms with E-state index in [1.165, 1.54) is 0 Å². The number of ether oxygens (including phenoxy) is 1. The van der Waals surface area contributed by atoms with E-state index in [1.807, 2.05) is 64.1 Å². The predicted molar refractivity (Wildman–Crippen MR) is 104 cm³/mol. The molecule has 1 saturated heterocycles. The number of aryl methyl sites for hydroxylation is 2. The Morgan fingerprint density at radius 2 is 1.67 bits per heavy atom. The number of hydrogen-bond donors (Lipinski definition) is 0. The number of piperazine rings is 1. The Balaban J connectivity index is 1.45. The van der Waals surface area contributed by atoms with Crippen LogP contribution in [0.1, 0.15) is 17.5 Å². The summed E-state index contributed by atoms with van der Waals surface area (Å²) in [7, 11) is 3.59. The second-order valence-electron chi connectivity index (χ2n) is 6.94. The average molecular weight is 369 g/mol. The van der Waals surface area contributed by atoms with E-state index >= 15 is 0 Å². The molecule has 0 spiro atoms. The number of aromatic nitrogens is 1. The highest BCUT2D eigenvalue weighted by Gasteiger charge is 2.24. The van der Waals surface area contributed by atoms with Crippen molar-refractivity contribution in [3.8, 4) is 5.75 Å². The number of hydrogen-bond acceptors (Lipinski definition) is 3. The van der Waals surface area contributed by atoms with Gasteiger partial charge in [0.2, 0.25) is 11.8 Å². The lowest BCUT2D eigenvalue weighted by Crippen LogP contribution is -2.51. The Bertz CT molecular complexity index is 791. The van der Waals surface area contributed by atoms with Gasteiger partial charge < -0.3 is 19.1 Å². The van der Waals surface area contributed by atoms with Gasteiger partial charge in [-0.25, -0.2) is 0 Å². The van der Waals surface area contributed by atoms with Crippen molar-refractivity contribution in [2.75, 3.05) is 33.3 Å². The van der Waals surface area contributed by atoms with Crippen LogP contribution in [0.25, 0.3) is 0 Å². The summed E-state index contributed by atoms with van der Waals surface area (Å²) >= 11 is 0. The van der Waals surface area contributed by atoms with Gasteiger partial charge in [-0.05, 0) is 29.7 Å². The van der Waals surface area contributed by atoms with Crippen molar-refractivity contribution in [1.29, 1.82) is 0 Å². The third-order valence-corrected chi connectivity index (χ3v) is 5.03. The highest BCUT2D eigenvalue weighted by Crippen LogP contribution is 2.19. The highest BCUT2D eigenvalue weighted by atomic mass is 16.5. The molecule has 0 bridgehead atoms. The van der Waals surface area contributed by atoms with Gasteiger partial charge in [0.05, 0.1) is 13.5 Å². The molecule has 3 rings (SSSR count). The van der Waals surface area contributed by atoms with Gasteiger partial charge in [-0.15, -0.1) is 0 Å². The van der Waals surface area contributed by atoms with Crippen LogP contribution in [-0.2, 0) is 29.5 Å². The molecular weight excluding hydrogens is 342 g/mol. The monoisotopic (exact) mass is 369 g/mol. The van der Waals surface area contributed by atoms with E-state index in [4.69, 9.17) is 4.74 Å². The molecule has 0 atom stereocenters. The number of nitrogens with zero attached hydrogens (tertiary/aromatic N) is 3. The van der Waals surface area contributed by atoms with Gasteiger partial charge in [-0.3, -0.25) is 9.59 Å². The lowest BCUT2D eigenvalue weighted by atomic mass is 10.1. The molecule has 6 nitrogen and oxygen atoms in total. The van der Waals surface area contributed by atoms with Crippen LogP contribution in [0, 0.1) is 0 Å². The maximum Gasteiger partial charge on any atom is 0.227 e. The summed E-state index contributed by atoms with van der Waals surface area (Å²) in [5.74, 6) is 1.08. The maximum absolute atomic E-state index is 12.5. The largest absolute Gasteiger partial charge is 0.496 e. The molecule has 0 radical (unpaired) electrons. The Morgan fingerprint density at radius 1 is 1.00 bits per heavy atom. The summed E-state index contributed by atoms with van der Waals surface area (Å²) in [6, 6.07) is 9.76. The molecule has 2 amide bonds. The molecule has 1 fully saturated rings. The van der Waals surface area contributed by atoms with Crippen molar-refractivity contribution in [3.63, 3.8) is 0 Å². The van der Waals surface area contributed by atoms with Crippen LogP contribution in [0.3, 0.4) is 0 Å². The van der Waals surface area contributed by atoms with Crippen molar-refractivity contribution in [2.24, 2.45) is 7.05 Å². The molecule has 2 heterocycles. The van der Waals surface area contributed by atoms with Crippen molar-refractivity contribution in [1.82, 2.24) is 14.4 Å². The molecule has 2 aromatic rings. The van der Waals surface area contributed by atoms with E-state index in [2.05, 4.69) is 0 Å². The van der Waals surface area contributed by atoms with Crippen molar-refractivity contribution in [2.45, 2.75) is 19.3 Å². The smallest absolute Gasteiger partial charge is 0.227 e. The molecular formula is C21H27N3O3. The molecule has 0 saturated carbocycles. The third-order valence-electron chi connectivity index (χ3n) is 5.03. The second kappa shape index (κ2) is 8.75. The molecule has 1 aliphatic rings. The lowest BCUT2D eigenvalue weighted by molar-refractivity contribution is -0.139. The second-order valence-corrected chi connectivity index (χ2v) is 6.94. The normalized spacial score (nSPS) is 14.3. The minimum Gasteiger partial charge on any atom is -0.496 e. The number of benzene rings is 1. The first kappa shape index (κ1) is 19.0. The zero-order chi connectivity index (χ0) is 19.2. The molecule has 0 aliphatic carbocycles. The van der Waals surface area contributed by atoms with E-state index < -0.39 is 0 Å². The van der Waals surface area contributed by atoms with Gasteiger partial charge in [0.25, 0.3) is 0 Å². The van der Waals surface area contributed by atoms with Gasteiger partial charge in [0.1, 0.15) is 5.75 Å². The molecule has 0 N–H and O–H groups in total. The first-order chi connectivity index (χ1) is 13.1. The van der Waals surface area contributed by atoms with Crippen molar-refractivity contribution in [3.05, 3.63) is 53.9 Å². The summed E-state index contributed by atoms with van der Waals surface area (Å²) < 4.78 is 7.29. The van der Waals surface area contributed by atoms with Crippen LogP contribution >= 0.6 is 0 Å². The number of carbonyl (C=O) groups excluding carboxylic acids is 2.